The van der Waals surface area contributed by atoms with Gasteiger partial charge in [-0.1, -0.05) is 31.2 Å². The summed E-state index contributed by atoms with van der Waals surface area (Å²) in [5, 5.41) is 17.1. The van der Waals surface area contributed by atoms with Crippen molar-refractivity contribution in [3.8, 4) is 0 Å². The van der Waals surface area contributed by atoms with Gasteiger partial charge in [0.15, 0.2) is 0 Å². The summed E-state index contributed by atoms with van der Waals surface area (Å²) in [5.41, 5.74) is 3.52. The first-order chi connectivity index (χ1) is 20.4. The summed E-state index contributed by atoms with van der Waals surface area (Å²) in [7, 11) is 4.69. The first kappa shape index (κ1) is 33.4. The molecule has 0 aliphatic carbocycles. The molecule has 8 nitrogen and oxygen atoms in total. The van der Waals surface area contributed by atoms with Crippen LogP contribution in [0.25, 0.3) is 0 Å². The number of aryl methyl sites for hydroxylation is 2. The molecule has 3 N–H and O–H groups in total. The van der Waals surface area contributed by atoms with Crippen molar-refractivity contribution in [2.24, 2.45) is 0 Å². The van der Waals surface area contributed by atoms with Crippen LogP contribution < -0.4 is 10.6 Å². The summed E-state index contributed by atoms with van der Waals surface area (Å²) in [6, 6.07) is 14.8. The Hall–Kier alpha value is -4.15. The third-order valence-corrected chi connectivity index (χ3v) is 7.05. The van der Waals surface area contributed by atoms with Gasteiger partial charge >= 0.3 is 0 Å². The maximum absolute atomic E-state index is 14.0. The number of nitrogens with zero attached hydrogens (tertiary/aromatic N) is 2. The van der Waals surface area contributed by atoms with Gasteiger partial charge in [-0.2, -0.15) is 0 Å². The van der Waals surface area contributed by atoms with E-state index in [0.29, 0.717) is 12.1 Å². The third-order valence-electron chi connectivity index (χ3n) is 7.05. The molecule has 10 heteroatoms. The molecule has 3 aromatic rings. The minimum atomic E-state index is -1.11. The summed E-state index contributed by atoms with van der Waals surface area (Å²) in [6.45, 7) is 4.25. The highest BCUT2D eigenvalue weighted by Crippen LogP contribution is 2.16. The number of aliphatic hydroxyl groups is 1. The second kappa shape index (κ2) is 15.4. The maximum Gasteiger partial charge on any atom is 0.254 e. The average Bonchev–Trinajstić information content (AvgIpc) is 2.95. The van der Waals surface area contributed by atoms with Crippen molar-refractivity contribution >= 4 is 17.7 Å². The maximum atomic E-state index is 14.0. The Bertz CT molecular complexity index is 1430. The monoisotopic (exact) mass is 594 g/mol. The molecule has 0 aliphatic heterocycles. The van der Waals surface area contributed by atoms with Crippen LogP contribution in [0.1, 0.15) is 49.9 Å². The number of aliphatic hydroxyl groups excluding tert-OH is 1. The molecule has 0 aromatic heterocycles. The largest absolute Gasteiger partial charge is 0.390 e. The number of carbonyl (C=O) groups excluding carboxylic acids is 3. The van der Waals surface area contributed by atoms with Crippen LogP contribution in [0, 0.1) is 18.6 Å². The lowest BCUT2D eigenvalue weighted by molar-refractivity contribution is -0.129. The average molecular weight is 595 g/mol. The second-order valence-electron chi connectivity index (χ2n) is 11.0. The summed E-state index contributed by atoms with van der Waals surface area (Å²) in [5.74, 6) is -2.78. The fourth-order valence-electron chi connectivity index (χ4n) is 4.66. The molecule has 0 radical (unpaired) electrons. The van der Waals surface area contributed by atoms with E-state index in [0.717, 1.165) is 30.2 Å². The summed E-state index contributed by atoms with van der Waals surface area (Å²) in [4.78, 5) is 41.2. The van der Waals surface area contributed by atoms with Crippen LogP contribution in [0.3, 0.4) is 0 Å². The molecule has 230 valence electrons. The molecule has 2 unspecified atom stereocenters. The van der Waals surface area contributed by atoms with E-state index in [2.05, 4.69) is 23.6 Å². The van der Waals surface area contributed by atoms with Gasteiger partial charge in [-0.3, -0.25) is 14.4 Å². The molecular formula is C33H40F2N4O4. The number of rotatable bonds is 13. The van der Waals surface area contributed by atoms with Gasteiger partial charge < -0.3 is 25.5 Å². The van der Waals surface area contributed by atoms with Crippen LogP contribution in [-0.4, -0.2) is 79.0 Å². The lowest BCUT2D eigenvalue weighted by Crippen LogP contribution is -2.48. The topological polar surface area (TPSA) is 102 Å². The highest BCUT2D eigenvalue weighted by molar-refractivity contribution is 6.01. The van der Waals surface area contributed by atoms with Crippen molar-refractivity contribution < 1.29 is 28.3 Å². The fraction of sp³-hybridized carbons (Fsp3) is 0.364. The van der Waals surface area contributed by atoms with Crippen LogP contribution in [0.5, 0.6) is 0 Å². The first-order valence-corrected chi connectivity index (χ1v) is 14.2. The Morgan fingerprint density at radius 3 is 2.19 bits per heavy atom. The van der Waals surface area contributed by atoms with Crippen LogP contribution >= 0.6 is 0 Å². The normalized spacial score (nSPS) is 12.4. The molecule has 0 heterocycles. The molecule has 0 saturated carbocycles. The van der Waals surface area contributed by atoms with Gasteiger partial charge in [0.1, 0.15) is 11.6 Å². The Morgan fingerprint density at radius 1 is 0.884 bits per heavy atom. The Labute approximate surface area is 251 Å². The number of halogens is 2. The quantitative estimate of drug-likeness (QED) is 0.281. The fourth-order valence-corrected chi connectivity index (χ4v) is 4.66. The molecular weight excluding hydrogens is 554 g/mol. The Kier molecular flexibility index (Phi) is 11.9. The predicted octanol–water partition coefficient (Wildman–Crippen LogP) is 3.49. The number of nitrogens with one attached hydrogen (secondary N) is 2. The van der Waals surface area contributed by atoms with Gasteiger partial charge in [-0.15, -0.1) is 0 Å². The lowest BCUT2D eigenvalue weighted by atomic mass is 9.99. The van der Waals surface area contributed by atoms with Gasteiger partial charge in [0.2, 0.25) is 5.91 Å². The zero-order chi connectivity index (χ0) is 31.7. The van der Waals surface area contributed by atoms with Crippen LogP contribution in [0.15, 0.2) is 60.7 Å². The van der Waals surface area contributed by atoms with Gasteiger partial charge in [0.25, 0.3) is 11.8 Å². The van der Waals surface area contributed by atoms with E-state index in [9.17, 15) is 28.3 Å². The number of hydrogen-bond donors (Lipinski definition) is 3. The van der Waals surface area contributed by atoms with Crippen molar-refractivity contribution in [2.45, 2.75) is 45.4 Å². The number of carbonyl (C=O) groups is 3. The minimum Gasteiger partial charge on any atom is -0.390 e. The molecule has 0 fully saturated rings. The molecule has 0 spiro atoms. The third kappa shape index (κ3) is 9.97. The molecule has 3 rings (SSSR count). The number of amides is 3. The van der Waals surface area contributed by atoms with Crippen molar-refractivity contribution in [1.82, 2.24) is 20.4 Å². The summed E-state index contributed by atoms with van der Waals surface area (Å²) < 4.78 is 27.9. The Morgan fingerprint density at radius 2 is 1.53 bits per heavy atom. The first-order valence-electron chi connectivity index (χ1n) is 14.2. The van der Waals surface area contributed by atoms with Gasteiger partial charge in [0, 0.05) is 51.4 Å². The summed E-state index contributed by atoms with van der Waals surface area (Å²) in [6.07, 6.45) is -0.258. The van der Waals surface area contributed by atoms with E-state index in [4.69, 9.17) is 0 Å². The molecule has 0 aliphatic rings. The molecule has 3 aromatic carbocycles. The van der Waals surface area contributed by atoms with E-state index in [1.54, 1.807) is 33.2 Å². The van der Waals surface area contributed by atoms with E-state index in [1.165, 1.54) is 28.5 Å². The van der Waals surface area contributed by atoms with Crippen molar-refractivity contribution in [2.75, 3.05) is 34.2 Å². The molecule has 3 amide bonds. The highest BCUT2D eigenvalue weighted by Gasteiger charge is 2.24. The molecule has 0 bridgehead atoms. The zero-order valence-electron chi connectivity index (χ0n) is 25.3. The predicted molar refractivity (Wildman–Crippen MR) is 162 cm³/mol. The van der Waals surface area contributed by atoms with E-state index in [-0.39, 0.29) is 42.1 Å². The Balaban J connectivity index is 1.79. The number of likely N-dealkylation sites (N-methyl/N-ethyl adjacent to an activating group) is 2. The molecule has 2 atom stereocenters. The van der Waals surface area contributed by atoms with Gasteiger partial charge in [0.05, 0.1) is 18.7 Å². The standard InChI is InChI=1S/C33H40F2N4O4/c1-6-22-8-7-9-23(12-22)18-36-19-30(40)29(15-24-13-27(34)17-28(35)14-24)37-32(42)25-10-21(2)11-26(16-25)33(43)39(5)20-31(41)38(3)4/h7-14,16-17,29-30,36,40H,6,15,18-20H2,1-5H3,(H,37,42). The van der Waals surface area contributed by atoms with Gasteiger partial charge in [-0.05, 0) is 72.4 Å². The van der Waals surface area contributed by atoms with Crippen molar-refractivity contribution in [3.05, 3.63) is 106 Å². The van der Waals surface area contributed by atoms with E-state index < -0.39 is 35.6 Å². The number of hydrogen-bond acceptors (Lipinski definition) is 5. The van der Waals surface area contributed by atoms with Crippen LogP contribution in [0.4, 0.5) is 8.78 Å². The number of benzene rings is 3. The van der Waals surface area contributed by atoms with Crippen molar-refractivity contribution in [3.63, 3.8) is 0 Å². The minimum absolute atomic E-state index is 0.0401. The van der Waals surface area contributed by atoms with Gasteiger partial charge in [-0.25, -0.2) is 8.78 Å². The smallest absolute Gasteiger partial charge is 0.254 e. The highest BCUT2D eigenvalue weighted by atomic mass is 19.1. The lowest BCUT2D eigenvalue weighted by Gasteiger charge is -2.25. The second-order valence-corrected chi connectivity index (χ2v) is 11.0. The zero-order valence-corrected chi connectivity index (χ0v) is 25.3. The van der Waals surface area contributed by atoms with E-state index in [1.807, 2.05) is 18.2 Å². The van der Waals surface area contributed by atoms with E-state index >= 15 is 0 Å². The molecule has 0 saturated heterocycles. The SMILES string of the molecule is CCc1cccc(CNCC(O)C(Cc2cc(F)cc(F)c2)NC(=O)c2cc(C)cc(C(=O)N(C)CC(=O)N(C)C)c2)c1. The summed E-state index contributed by atoms with van der Waals surface area (Å²) >= 11 is 0. The molecule has 43 heavy (non-hydrogen) atoms. The van der Waals surface area contributed by atoms with Crippen molar-refractivity contribution in [1.29, 1.82) is 0 Å². The van der Waals surface area contributed by atoms with Crippen LogP contribution in [-0.2, 0) is 24.2 Å². The van der Waals surface area contributed by atoms with Crippen LogP contribution in [0.2, 0.25) is 0 Å².